The first-order chi connectivity index (χ1) is 8.25. The van der Waals surface area contributed by atoms with Crippen molar-refractivity contribution in [3.05, 3.63) is 11.2 Å². The average Bonchev–Trinajstić information content (AvgIpc) is 2.25. The van der Waals surface area contributed by atoms with E-state index in [4.69, 9.17) is 21.4 Å². The Bertz CT molecular complexity index is 446. The summed E-state index contributed by atoms with van der Waals surface area (Å²) in [6, 6.07) is 0.147. The zero-order valence-corrected chi connectivity index (χ0v) is 11.5. The van der Waals surface area contributed by atoms with E-state index in [1.165, 1.54) is 13.3 Å². The highest BCUT2D eigenvalue weighted by atomic mass is 35.5. The van der Waals surface area contributed by atoms with Crippen LogP contribution in [0.1, 0.15) is 20.8 Å². The van der Waals surface area contributed by atoms with Crippen LogP contribution in [0.3, 0.4) is 0 Å². The molecule has 18 heavy (non-hydrogen) atoms. The number of nitrogens with zero attached hydrogens (tertiary/aromatic N) is 3. The van der Waals surface area contributed by atoms with Gasteiger partial charge in [0.05, 0.1) is 13.3 Å². The molecule has 0 unspecified atom stereocenters. The lowest BCUT2D eigenvalue weighted by molar-refractivity contribution is -0.135. The number of aliphatic carboxylic acids is 1. The van der Waals surface area contributed by atoms with Crippen LogP contribution < -0.4 is 9.64 Å². The largest absolute Gasteiger partial charge is 0.480 e. The number of carbonyl (C=O) groups is 1. The van der Waals surface area contributed by atoms with Crippen LogP contribution >= 0.6 is 11.6 Å². The van der Waals surface area contributed by atoms with E-state index in [1.807, 2.05) is 20.8 Å². The Kier molecular flexibility index (Phi) is 4.34. The Labute approximate surface area is 111 Å². The van der Waals surface area contributed by atoms with Crippen LogP contribution in [0.15, 0.2) is 6.20 Å². The summed E-state index contributed by atoms with van der Waals surface area (Å²) >= 11 is 6.02. The van der Waals surface area contributed by atoms with Crippen molar-refractivity contribution in [2.24, 2.45) is 0 Å². The van der Waals surface area contributed by atoms with E-state index in [0.29, 0.717) is 5.82 Å². The summed E-state index contributed by atoms with van der Waals surface area (Å²) in [5.74, 6) is -0.614. The van der Waals surface area contributed by atoms with Gasteiger partial charge in [-0.15, -0.1) is 0 Å². The predicted molar refractivity (Wildman–Crippen MR) is 68.3 cm³/mol. The number of halogens is 1. The molecule has 7 heteroatoms. The molecule has 0 aliphatic carbocycles. The van der Waals surface area contributed by atoms with Gasteiger partial charge < -0.3 is 14.7 Å². The summed E-state index contributed by atoms with van der Waals surface area (Å²) in [7, 11) is 1.44. The Morgan fingerprint density at radius 2 is 2.17 bits per heavy atom. The fourth-order valence-corrected chi connectivity index (χ4v) is 1.59. The van der Waals surface area contributed by atoms with E-state index in [-0.39, 0.29) is 17.6 Å². The summed E-state index contributed by atoms with van der Waals surface area (Å²) in [6.45, 7) is 5.42. The molecule has 100 valence electrons. The molecule has 0 amide bonds. The van der Waals surface area contributed by atoms with Crippen molar-refractivity contribution in [1.82, 2.24) is 9.97 Å². The van der Waals surface area contributed by atoms with Crippen molar-refractivity contribution in [3.63, 3.8) is 0 Å². The molecule has 0 radical (unpaired) electrons. The number of hydrogen-bond donors (Lipinski definition) is 1. The molecular formula is C11H16ClN3O3. The zero-order valence-electron chi connectivity index (χ0n) is 10.8. The molecule has 0 aliphatic heterocycles. The highest BCUT2D eigenvalue weighted by Crippen LogP contribution is 2.29. The van der Waals surface area contributed by atoms with Crippen LogP contribution in [-0.4, -0.2) is 40.2 Å². The van der Waals surface area contributed by atoms with Gasteiger partial charge in [-0.1, -0.05) is 11.6 Å². The lowest BCUT2D eigenvalue weighted by Gasteiger charge is -2.35. The highest BCUT2D eigenvalue weighted by Gasteiger charge is 2.27. The second-order valence-electron chi connectivity index (χ2n) is 4.68. The SMILES string of the molecule is COc1ncc(Cl)c(N(CC(=O)O)C(C)(C)C)n1. The number of methoxy groups -OCH3 is 1. The molecule has 0 spiro atoms. The number of aromatic nitrogens is 2. The highest BCUT2D eigenvalue weighted by molar-refractivity contribution is 6.32. The van der Waals surface area contributed by atoms with Crippen LogP contribution in [-0.2, 0) is 4.79 Å². The minimum Gasteiger partial charge on any atom is -0.480 e. The third-order valence-electron chi connectivity index (χ3n) is 2.24. The first-order valence-corrected chi connectivity index (χ1v) is 5.69. The van der Waals surface area contributed by atoms with Gasteiger partial charge in [-0.2, -0.15) is 4.98 Å². The molecular weight excluding hydrogens is 258 g/mol. The molecule has 1 aromatic heterocycles. The summed E-state index contributed by atoms with van der Waals surface area (Å²) in [6.07, 6.45) is 1.39. The lowest BCUT2D eigenvalue weighted by atomic mass is 10.1. The monoisotopic (exact) mass is 273 g/mol. The van der Waals surface area contributed by atoms with Crippen molar-refractivity contribution >= 4 is 23.4 Å². The second kappa shape index (κ2) is 5.39. The standard InChI is InChI=1S/C11H16ClN3O3/c1-11(2,3)15(6-8(16)17)9-7(12)5-13-10(14-9)18-4/h5H,6H2,1-4H3,(H,16,17). The van der Waals surface area contributed by atoms with Gasteiger partial charge in [0.15, 0.2) is 5.82 Å². The lowest BCUT2D eigenvalue weighted by Crippen LogP contribution is -2.45. The molecule has 1 aromatic rings. The number of rotatable bonds is 4. The molecule has 0 aliphatic rings. The van der Waals surface area contributed by atoms with Gasteiger partial charge in [-0.25, -0.2) is 4.98 Å². The van der Waals surface area contributed by atoms with Gasteiger partial charge in [-0.05, 0) is 20.8 Å². The van der Waals surface area contributed by atoms with Crippen LogP contribution in [0.5, 0.6) is 6.01 Å². The average molecular weight is 274 g/mol. The minimum absolute atomic E-state index is 0.147. The maximum absolute atomic E-state index is 10.9. The van der Waals surface area contributed by atoms with Crippen molar-refractivity contribution < 1.29 is 14.6 Å². The first-order valence-electron chi connectivity index (χ1n) is 5.31. The van der Waals surface area contributed by atoms with E-state index in [0.717, 1.165) is 0 Å². The molecule has 6 nitrogen and oxygen atoms in total. The Balaban J connectivity index is 3.23. The van der Waals surface area contributed by atoms with Crippen molar-refractivity contribution in [2.45, 2.75) is 26.3 Å². The van der Waals surface area contributed by atoms with Gasteiger partial charge in [0.1, 0.15) is 11.6 Å². The normalized spacial score (nSPS) is 11.2. The van der Waals surface area contributed by atoms with Crippen LogP contribution in [0, 0.1) is 0 Å². The van der Waals surface area contributed by atoms with E-state index in [1.54, 1.807) is 4.90 Å². The van der Waals surface area contributed by atoms with E-state index in [9.17, 15) is 4.79 Å². The quantitative estimate of drug-likeness (QED) is 0.902. The number of anilines is 1. The topological polar surface area (TPSA) is 75.5 Å². The van der Waals surface area contributed by atoms with E-state index >= 15 is 0 Å². The Morgan fingerprint density at radius 3 is 2.61 bits per heavy atom. The van der Waals surface area contributed by atoms with Crippen molar-refractivity contribution in [3.8, 4) is 6.01 Å². The molecule has 0 atom stereocenters. The smallest absolute Gasteiger partial charge is 0.323 e. The molecule has 1 N–H and O–H groups in total. The number of hydrogen-bond acceptors (Lipinski definition) is 5. The third kappa shape index (κ3) is 3.46. The van der Waals surface area contributed by atoms with Crippen LogP contribution in [0.2, 0.25) is 5.02 Å². The third-order valence-corrected chi connectivity index (χ3v) is 2.51. The summed E-state index contributed by atoms with van der Waals surface area (Å²) in [5, 5.41) is 9.25. The van der Waals surface area contributed by atoms with Gasteiger partial charge in [0, 0.05) is 5.54 Å². The van der Waals surface area contributed by atoms with E-state index < -0.39 is 11.5 Å². The molecule has 0 saturated carbocycles. The minimum atomic E-state index is -0.960. The fourth-order valence-electron chi connectivity index (χ4n) is 1.40. The second-order valence-corrected chi connectivity index (χ2v) is 5.09. The molecule has 0 bridgehead atoms. The first kappa shape index (κ1) is 14.5. The Morgan fingerprint density at radius 1 is 1.56 bits per heavy atom. The van der Waals surface area contributed by atoms with Gasteiger partial charge >= 0.3 is 12.0 Å². The van der Waals surface area contributed by atoms with Crippen molar-refractivity contribution in [2.75, 3.05) is 18.6 Å². The van der Waals surface area contributed by atoms with E-state index in [2.05, 4.69) is 9.97 Å². The maximum Gasteiger partial charge on any atom is 0.323 e. The summed E-state index contributed by atoms with van der Waals surface area (Å²) in [4.78, 5) is 20.5. The number of carboxylic acid groups (broad SMARTS) is 1. The van der Waals surface area contributed by atoms with Gasteiger partial charge in [-0.3, -0.25) is 4.79 Å². The summed E-state index contributed by atoms with van der Waals surface area (Å²) < 4.78 is 4.92. The molecule has 0 saturated heterocycles. The van der Waals surface area contributed by atoms with Gasteiger partial charge in [0.2, 0.25) is 0 Å². The number of carboxylic acids is 1. The van der Waals surface area contributed by atoms with Gasteiger partial charge in [0.25, 0.3) is 0 Å². The molecule has 1 heterocycles. The molecule has 1 rings (SSSR count). The molecule has 0 fully saturated rings. The van der Waals surface area contributed by atoms with Crippen molar-refractivity contribution in [1.29, 1.82) is 0 Å². The predicted octanol–water partition coefficient (Wildman–Crippen LogP) is 1.83. The number of ether oxygens (including phenoxy) is 1. The zero-order chi connectivity index (χ0) is 13.9. The molecule has 0 aromatic carbocycles. The fraction of sp³-hybridized carbons (Fsp3) is 0.545. The van der Waals surface area contributed by atoms with Crippen LogP contribution in [0.4, 0.5) is 5.82 Å². The van der Waals surface area contributed by atoms with Crippen LogP contribution in [0.25, 0.3) is 0 Å². The summed E-state index contributed by atoms with van der Waals surface area (Å²) in [5.41, 5.74) is -0.443. The Hall–Kier alpha value is -1.56. The maximum atomic E-state index is 10.9.